The van der Waals surface area contributed by atoms with Gasteiger partial charge in [-0.25, -0.2) is 9.67 Å². The molecular formula is C22H21N5O3S. The van der Waals surface area contributed by atoms with Crippen LogP contribution in [0.3, 0.4) is 0 Å². The van der Waals surface area contributed by atoms with E-state index in [1.807, 2.05) is 61.7 Å². The van der Waals surface area contributed by atoms with E-state index in [9.17, 15) is 4.79 Å². The number of benzene rings is 2. The van der Waals surface area contributed by atoms with Crippen molar-refractivity contribution in [3.8, 4) is 28.4 Å². The average Bonchev–Trinajstić information content (AvgIpc) is 3.40. The van der Waals surface area contributed by atoms with Crippen LogP contribution < -0.4 is 14.8 Å². The number of nitrogens with zero attached hydrogens (tertiary/aromatic N) is 4. The van der Waals surface area contributed by atoms with Crippen LogP contribution in [0.4, 0.5) is 5.13 Å². The second-order valence-corrected chi connectivity index (χ2v) is 7.69. The van der Waals surface area contributed by atoms with Crippen molar-refractivity contribution in [1.82, 2.24) is 20.0 Å². The molecule has 1 amide bonds. The molecule has 4 rings (SSSR count). The third-order valence-electron chi connectivity index (χ3n) is 4.80. The van der Waals surface area contributed by atoms with E-state index >= 15 is 0 Å². The number of methoxy groups -OCH3 is 2. The van der Waals surface area contributed by atoms with E-state index in [1.165, 1.54) is 11.3 Å². The Morgan fingerprint density at radius 3 is 2.55 bits per heavy atom. The van der Waals surface area contributed by atoms with Gasteiger partial charge in [-0.2, -0.15) is 0 Å². The van der Waals surface area contributed by atoms with Crippen molar-refractivity contribution >= 4 is 22.4 Å². The molecule has 0 aliphatic carbocycles. The lowest BCUT2D eigenvalue weighted by atomic mass is 10.1. The monoisotopic (exact) mass is 435 g/mol. The number of rotatable bonds is 6. The first-order valence-corrected chi connectivity index (χ1v) is 10.4. The molecule has 9 heteroatoms. The lowest BCUT2D eigenvalue weighted by molar-refractivity contribution is 0.102. The minimum Gasteiger partial charge on any atom is -0.497 e. The maximum Gasteiger partial charge on any atom is 0.279 e. The van der Waals surface area contributed by atoms with Gasteiger partial charge in [-0.05, 0) is 44.2 Å². The Morgan fingerprint density at radius 1 is 1.06 bits per heavy atom. The fraction of sp³-hybridized carbons (Fsp3) is 0.182. The van der Waals surface area contributed by atoms with E-state index < -0.39 is 0 Å². The van der Waals surface area contributed by atoms with Crippen LogP contribution in [0.25, 0.3) is 16.9 Å². The average molecular weight is 436 g/mol. The number of carbonyl (C=O) groups is 1. The SMILES string of the molecule is COc1ccc(OC)c(-c2csc(NC(=O)c3nnn(-c4ccc(C)cc4)c3C)n2)c1. The van der Waals surface area contributed by atoms with Gasteiger partial charge in [-0.1, -0.05) is 22.9 Å². The van der Waals surface area contributed by atoms with Gasteiger partial charge in [0.15, 0.2) is 10.8 Å². The highest BCUT2D eigenvalue weighted by Gasteiger charge is 2.19. The van der Waals surface area contributed by atoms with E-state index in [2.05, 4.69) is 20.6 Å². The van der Waals surface area contributed by atoms with Crippen LogP contribution in [-0.2, 0) is 0 Å². The summed E-state index contributed by atoms with van der Waals surface area (Å²) in [7, 11) is 3.20. The molecule has 1 N–H and O–H groups in total. The highest BCUT2D eigenvalue weighted by Crippen LogP contribution is 2.35. The van der Waals surface area contributed by atoms with Crippen LogP contribution in [0, 0.1) is 13.8 Å². The number of ether oxygens (including phenoxy) is 2. The highest BCUT2D eigenvalue weighted by atomic mass is 32.1. The van der Waals surface area contributed by atoms with Gasteiger partial charge >= 0.3 is 0 Å². The maximum absolute atomic E-state index is 12.8. The molecule has 0 saturated carbocycles. The summed E-state index contributed by atoms with van der Waals surface area (Å²) >= 11 is 1.32. The van der Waals surface area contributed by atoms with Gasteiger partial charge in [0.05, 0.1) is 31.3 Å². The van der Waals surface area contributed by atoms with Gasteiger partial charge in [0, 0.05) is 10.9 Å². The lowest BCUT2D eigenvalue weighted by Crippen LogP contribution is -2.14. The molecule has 0 saturated heterocycles. The summed E-state index contributed by atoms with van der Waals surface area (Å²) in [5, 5.41) is 13.3. The summed E-state index contributed by atoms with van der Waals surface area (Å²) < 4.78 is 12.4. The zero-order valence-electron chi connectivity index (χ0n) is 17.5. The van der Waals surface area contributed by atoms with Crippen molar-refractivity contribution in [2.75, 3.05) is 19.5 Å². The van der Waals surface area contributed by atoms with E-state index in [1.54, 1.807) is 18.9 Å². The van der Waals surface area contributed by atoms with E-state index in [4.69, 9.17) is 9.47 Å². The number of amides is 1. The smallest absolute Gasteiger partial charge is 0.279 e. The number of thiazole rings is 1. The van der Waals surface area contributed by atoms with E-state index in [0.717, 1.165) is 16.8 Å². The first kappa shape index (κ1) is 20.5. The molecule has 0 aliphatic rings. The molecule has 0 unspecified atom stereocenters. The predicted molar refractivity (Wildman–Crippen MR) is 119 cm³/mol. The molecule has 0 bridgehead atoms. The number of anilines is 1. The van der Waals surface area contributed by atoms with Gasteiger partial charge < -0.3 is 9.47 Å². The maximum atomic E-state index is 12.8. The summed E-state index contributed by atoms with van der Waals surface area (Å²) in [4.78, 5) is 17.3. The molecule has 0 atom stereocenters. The Morgan fingerprint density at radius 2 is 1.84 bits per heavy atom. The molecule has 2 aromatic carbocycles. The highest BCUT2D eigenvalue weighted by molar-refractivity contribution is 7.14. The van der Waals surface area contributed by atoms with E-state index in [0.29, 0.717) is 28.0 Å². The van der Waals surface area contributed by atoms with Crippen molar-refractivity contribution in [3.05, 3.63) is 64.8 Å². The zero-order valence-corrected chi connectivity index (χ0v) is 18.4. The molecule has 0 aliphatic heterocycles. The predicted octanol–water partition coefficient (Wildman–Crippen LogP) is 4.28. The quantitative estimate of drug-likeness (QED) is 0.486. The molecule has 0 fully saturated rings. The van der Waals surface area contributed by atoms with Crippen LogP contribution in [-0.4, -0.2) is 40.1 Å². The van der Waals surface area contributed by atoms with Gasteiger partial charge in [-0.15, -0.1) is 16.4 Å². The van der Waals surface area contributed by atoms with Gasteiger partial charge in [0.2, 0.25) is 0 Å². The molecule has 0 spiro atoms. The van der Waals surface area contributed by atoms with Crippen molar-refractivity contribution in [2.45, 2.75) is 13.8 Å². The minimum atomic E-state index is -0.366. The molecule has 2 aromatic heterocycles. The largest absolute Gasteiger partial charge is 0.497 e. The molecule has 158 valence electrons. The second-order valence-electron chi connectivity index (χ2n) is 6.83. The third-order valence-corrected chi connectivity index (χ3v) is 5.55. The number of aryl methyl sites for hydroxylation is 1. The van der Waals surface area contributed by atoms with Crippen molar-refractivity contribution in [1.29, 1.82) is 0 Å². The number of carbonyl (C=O) groups excluding carboxylic acids is 1. The Labute approximate surface area is 183 Å². The van der Waals surface area contributed by atoms with Crippen molar-refractivity contribution in [2.24, 2.45) is 0 Å². The molecule has 31 heavy (non-hydrogen) atoms. The first-order valence-electron chi connectivity index (χ1n) is 9.48. The van der Waals surface area contributed by atoms with Crippen molar-refractivity contribution < 1.29 is 14.3 Å². The third kappa shape index (κ3) is 4.13. The van der Waals surface area contributed by atoms with Crippen LogP contribution >= 0.6 is 11.3 Å². The normalized spacial score (nSPS) is 10.7. The van der Waals surface area contributed by atoms with Crippen molar-refractivity contribution in [3.63, 3.8) is 0 Å². The minimum absolute atomic E-state index is 0.247. The fourth-order valence-corrected chi connectivity index (χ4v) is 3.80. The summed E-state index contributed by atoms with van der Waals surface area (Å²) in [6, 6.07) is 13.3. The zero-order chi connectivity index (χ0) is 22.0. The number of hydrogen-bond acceptors (Lipinski definition) is 7. The van der Waals surface area contributed by atoms with Crippen LogP contribution in [0.15, 0.2) is 47.8 Å². The van der Waals surface area contributed by atoms with Gasteiger partial charge in [0.1, 0.15) is 11.5 Å². The van der Waals surface area contributed by atoms with Gasteiger partial charge in [0.25, 0.3) is 5.91 Å². The fourth-order valence-electron chi connectivity index (χ4n) is 3.10. The Bertz CT molecular complexity index is 1230. The number of nitrogens with one attached hydrogen (secondary N) is 1. The second kappa shape index (κ2) is 8.57. The summed E-state index contributed by atoms with van der Waals surface area (Å²) in [6.07, 6.45) is 0. The summed E-state index contributed by atoms with van der Waals surface area (Å²) in [5.41, 5.74) is 4.34. The first-order chi connectivity index (χ1) is 15.0. The van der Waals surface area contributed by atoms with Crippen LogP contribution in [0.5, 0.6) is 11.5 Å². The Hall–Kier alpha value is -3.72. The molecular weight excluding hydrogens is 414 g/mol. The Balaban J connectivity index is 1.56. The topological polar surface area (TPSA) is 91.2 Å². The summed E-state index contributed by atoms with van der Waals surface area (Å²) in [5.74, 6) is 0.993. The standard InChI is InChI=1S/C22H21N5O3S/c1-13-5-7-15(8-6-13)27-14(2)20(25-26-27)21(28)24-22-23-18(12-31-22)17-11-16(29-3)9-10-19(17)30-4/h5-12H,1-4H3,(H,23,24,28). The molecule has 8 nitrogen and oxygen atoms in total. The molecule has 0 radical (unpaired) electrons. The van der Waals surface area contributed by atoms with E-state index in [-0.39, 0.29) is 11.6 Å². The molecule has 4 aromatic rings. The number of aromatic nitrogens is 4. The number of hydrogen-bond donors (Lipinski definition) is 1. The van der Waals surface area contributed by atoms with Gasteiger partial charge in [-0.3, -0.25) is 10.1 Å². The van der Waals surface area contributed by atoms with Crippen LogP contribution in [0.2, 0.25) is 0 Å². The summed E-state index contributed by atoms with van der Waals surface area (Å²) in [6.45, 7) is 3.82. The lowest BCUT2D eigenvalue weighted by Gasteiger charge is -2.08. The Kier molecular flexibility index (Phi) is 5.68. The molecule has 2 heterocycles. The van der Waals surface area contributed by atoms with Crippen LogP contribution in [0.1, 0.15) is 21.7 Å².